The molecule has 3 aliphatic carbocycles. The van der Waals surface area contributed by atoms with E-state index in [0.717, 1.165) is 4.86 Å². The second kappa shape index (κ2) is 2.24. The van der Waals surface area contributed by atoms with Crippen LogP contribution in [0.1, 0.15) is 19.8 Å². The van der Waals surface area contributed by atoms with Crippen LogP contribution in [-0.2, 0) is 4.79 Å². The molecule has 0 amide bonds. The predicted molar refractivity (Wildman–Crippen MR) is 49.0 cm³/mol. The summed E-state index contributed by atoms with van der Waals surface area (Å²) in [6, 6.07) is 0. The number of allylic oxidation sites excluding steroid dienone is 1. The third-order valence-corrected chi connectivity index (χ3v) is 3.10. The van der Waals surface area contributed by atoms with Crippen LogP contribution < -0.4 is 0 Å². The van der Waals surface area contributed by atoms with Crippen molar-refractivity contribution in [2.75, 3.05) is 0 Å². The van der Waals surface area contributed by atoms with Crippen LogP contribution in [0.2, 0.25) is 0 Å². The number of carbonyl (C=O) groups excluding carboxylic acids is 1. The van der Waals surface area contributed by atoms with Crippen LogP contribution in [0, 0.1) is 5.41 Å². The maximum atomic E-state index is 11.5. The number of aliphatic hydroxyl groups is 1. The Labute approximate surface area is 76.3 Å². The van der Waals surface area contributed by atoms with E-state index < -0.39 is 11.5 Å². The first-order valence-electron chi connectivity index (χ1n) is 4.00. The summed E-state index contributed by atoms with van der Waals surface area (Å²) >= 11 is 5.07. The minimum atomic E-state index is -0.598. The highest BCUT2D eigenvalue weighted by atomic mass is 32.1. The Balaban J connectivity index is 2.43. The minimum absolute atomic E-state index is 0.0786. The van der Waals surface area contributed by atoms with Crippen LogP contribution in [-0.4, -0.2) is 21.9 Å². The van der Waals surface area contributed by atoms with Gasteiger partial charge in [0.15, 0.2) is 5.78 Å². The SMILES string of the molecule is CC12CC(=S)CC=C(C1=O)C2O. The minimum Gasteiger partial charge on any atom is -0.387 e. The highest BCUT2D eigenvalue weighted by Crippen LogP contribution is 2.46. The van der Waals surface area contributed by atoms with E-state index in [1.165, 1.54) is 0 Å². The van der Waals surface area contributed by atoms with Gasteiger partial charge >= 0.3 is 0 Å². The molecule has 64 valence electrons. The van der Waals surface area contributed by atoms with Gasteiger partial charge in [0.2, 0.25) is 0 Å². The molecule has 0 radical (unpaired) electrons. The zero-order valence-corrected chi connectivity index (χ0v) is 7.65. The Morgan fingerprint density at radius 1 is 1.75 bits per heavy atom. The van der Waals surface area contributed by atoms with Crippen molar-refractivity contribution in [1.29, 1.82) is 0 Å². The molecule has 2 bridgehead atoms. The van der Waals surface area contributed by atoms with E-state index >= 15 is 0 Å². The first-order chi connectivity index (χ1) is 5.55. The fourth-order valence-electron chi connectivity index (χ4n) is 1.93. The lowest BCUT2D eigenvalue weighted by Gasteiger charge is -2.42. The van der Waals surface area contributed by atoms with Gasteiger partial charge in [-0.15, -0.1) is 0 Å². The molecule has 3 heteroatoms. The zero-order valence-electron chi connectivity index (χ0n) is 6.83. The van der Waals surface area contributed by atoms with E-state index in [2.05, 4.69) is 0 Å². The molecule has 1 N–H and O–H groups in total. The molecule has 3 rings (SSSR count). The Hall–Kier alpha value is -0.540. The van der Waals surface area contributed by atoms with E-state index in [-0.39, 0.29) is 5.78 Å². The van der Waals surface area contributed by atoms with E-state index in [9.17, 15) is 9.90 Å². The lowest BCUT2D eigenvalue weighted by molar-refractivity contribution is -0.139. The largest absolute Gasteiger partial charge is 0.387 e. The van der Waals surface area contributed by atoms with Gasteiger partial charge < -0.3 is 5.11 Å². The smallest absolute Gasteiger partial charge is 0.170 e. The number of thiocarbonyl (C=S) groups is 1. The molecule has 0 saturated heterocycles. The molecule has 3 aliphatic rings. The van der Waals surface area contributed by atoms with Crippen LogP contribution in [0.25, 0.3) is 0 Å². The maximum Gasteiger partial charge on any atom is 0.170 e. The summed E-state index contributed by atoms with van der Waals surface area (Å²) in [5.74, 6) is 0.0786. The van der Waals surface area contributed by atoms with Gasteiger partial charge in [0.05, 0.1) is 11.5 Å². The zero-order chi connectivity index (χ0) is 8.93. The average Bonchev–Trinajstić information content (AvgIpc) is 2.20. The van der Waals surface area contributed by atoms with Crippen molar-refractivity contribution in [2.24, 2.45) is 5.41 Å². The summed E-state index contributed by atoms with van der Waals surface area (Å²) in [6.07, 6.45) is 2.42. The first kappa shape index (κ1) is 8.08. The monoisotopic (exact) mass is 182 g/mol. The number of fused-ring (bicyclic) bond motifs is 3. The summed E-state index contributed by atoms with van der Waals surface area (Å²) in [7, 11) is 0. The van der Waals surface area contributed by atoms with Crippen LogP contribution in [0.4, 0.5) is 0 Å². The van der Waals surface area contributed by atoms with Crippen LogP contribution >= 0.6 is 12.2 Å². The van der Waals surface area contributed by atoms with Gasteiger partial charge in [-0.25, -0.2) is 0 Å². The van der Waals surface area contributed by atoms with Crippen molar-refractivity contribution in [3.8, 4) is 0 Å². The standard InChI is InChI=1S/C9H10O2S/c1-9-4-5(12)2-3-6(7(9)10)8(9)11/h3,7,10H,2,4H2,1H3. The fourth-order valence-corrected chi connectivity index (χ4v) is 2.31. The maximum absolute atomic E-state index is 11.5. The average molecular weight is 182 g/mol. The number of hydrogen-bond donors (Lipinski definition) is 1. The molecular formula is C9H10O2S. The van der Waals surface area contributed by atoms with Gasteiger partial charge in [0.1, 0.15) is 0 Å². The quantitative estimate of drug-likeness (QED) is 0.568. The molecule has 12 heavy (non-hydrogen) atoms. The van der Waals surface area contributed by atoms with Crippen LogP contribution in [0.3, 0.4) is 0 Å². The molecular weight excluding hydrogens is 172 g/mol. The highest BCUT2D eigenvalue weighted by Gasteiger charge is 2.55. The predicted octanol–water partition coefficient (Wildman–Crippen LogP) is 1.03. The van der Waals surface area contributed by atoms with E-state index in [1.807, 2.05) is 0 Å². The molecule has 0 heterocycles. The Morgan fingerprint density at radius 3 is 3.00 bits per heavy atom. The highest BCUT2D eigenvalue weighted by molar-refractivity contribution is 7.80. The number of rotatable bonds is 0. The van der Waals surface area contributed by atoms with Gasteiger partial charge in [-0.1, -0.05) is 18.3 Å². The van der Waals surface area contributed by atoms with Gasteiger partial charge in [-0.3, -0.25) is 4.79 Å². The van der Waals surface area contributed by atoms with Gasteiger partial charge in [0.25, 0.3) is 0 Å². The Morgan fingerprint density at radius 2 is 2.42 bits per heavy atom. The third-order valence-electron chi connectivity index (χ3n) is 2.79. The lowest BCUT2D eigenvalue weighted by atomic mass is 9.62. The number of hydrogen-bond acceptors (Lipinski definition) is 3. The molecule has 0 aromatic carbocycles. The third kappa shape index (κ3) is 0.780. The van der Waals surface area contributed by atoms with Crippen molar-refractivity contribution in [1.82, 2.24) is 0 Å². The number of Topliss-reactive ketones (excluding diaryl/α,β-unsaturated/α-hetero) is 1. The van der Waals surface area contributed by atoms with Gasteiger partial charge in [-0.2, -0.15) is 0 Å². The summed E-state index contributed by atoms with van der Waals surface area (Å²) in [4.78, 5) is 12.3. The molecule has 0 aliphatic heterocycles. The fraction of sp³-hybridized carbons (Fsp3) is 0.556. The molecule has 0 aromatic rings. The van der Waals surface area contributed by atoms with Crippen molar-refractivity contribution in [3.05, 3.63) is 11.6 Å². The van der Waals surface area contributed by atoms with Gasteiger partial charge in [-0.05, 0) is 24.6 Å². The van der Waals surface area contributed by atoms with Crippen LogP contribution in [0.5, 0.6) is 0 Å². The van der Waals surface area contributed by atoms with Crippen molar-refractivity contribution >= 4 is 22.9 Å². The van der Waals surface area contributed by atoms with E-state index in [4.69, 9.17) is 12.2 Å². The molecule has 0 aromatic heterocycles. The molecule has 0 spiro atoms. The normalized spacial score (nSPS) is 40.2. The van der Waals surface area contributed by atoms with Crippen molar-refractivity contribution in [3.63, 3.8) is 0 Å². The first-order valence-corrected chi connectivity index (χ1v) is 4.41. The summed E-state index contributed by atoms with van der Waals surface area (Å²) < 4.78 is 0. The Bertz CT molecular complexity index is 306. The number of ketones is 1. The van der Waals surface area contributed by atoms with E-state index in [1.54, 1.807) is 13.0 Å². The van der Waals surface area contributed by atoms with Gasteiger partial charge in [0, 0.05) is 5.57 Å². The van der Waals surface area contributed by atoms with E-state index in [0.29, 0.717) is 18.4 Å². The molecule has 2 nitrogen and oxygen atoms in total. The second-order valence-corrected chi connectivity index (χ2v) is 4.31. The Kier molecular flexibility index (Phi) is 1.50. The second-order valence-electron chi connectivity index (χ2n) is 3.73. The molecule has 2 unspecified atom stereocenters. The summed E-state index contributed by atoms with van der Waals surface area (Å²) in [6.45, 7) is 1.79. The molecule has 1 saturated carbocycles. The van der Waals surface area contributed by atoms with Crippen LogP contribution in [0.15, 0.2) is 11.6 Å². The van der Waals surface area contributed by atoms with Crippen molar-refractivity contribution in [2.45, 2.75) is 25.9 Å². The van der Waals surface area contributed by atoms with Crippen molar-refractivity contribution < 1.29 is 9.90 Å². The topological polar surface area (TPSA) is 37.3 Å². The molecule has 1 fully saturated rings. The lowest BCUT2D eigenvalue weighted by Crippen LogP contribution is -2.54. The molecule has 2 atom stereocenters. The number of aliphatic hydroxyl groups excluding tert-OH is 1. The summed E-state index contributed by atoms with van der Waals surface area (Å²) in [5.41, 5.74) is -0.0308. The number of carbonyl (C=O) groups is 1. The summed E-state index contributed by atoms with van der Waals surface area (Å²) in [5, 5.41) is 9.61.